The van der Waals surface area contributed by atoms with Gasteiger partial charge in [0, 0.05) is 18.1 Å². The zero-order chi connectivity index (χ0) is 11.3. The highest BCUT2D eigenvalue weighted by Gasteiger charge is 2.11. The third-order valence-electron chi connectivity index (χ3n) is 1.71. The normalized spacial score (nSPS) is 13.4. The fourth-order valence-electron chi connectivity index (χ4n) is 0.972. The number of imidazole rings is 1. The van der Waals surface area contributed by atoms with Gasteiger partial charge in [-0.25, -0.2) is 4.98 Å². The molecular formula is C8H12F2N2O2S. The van der Waals surface area contributed by atoms with Crippen molar-refractivity contribution >= 4 is 11.8 Å². The lowest BCUT2D eigenvalue weighted by Gasteiger charge is -2.08. The lowest BCUT2D eigenvalue weighted by Crippen LogP contribution is -2.15. The van der Waals surface area contributed by atoms with Gasteiger partial charge in [-0.3, -0.25) is 4.57 Å². The van der Waals surface area contributed by atoms with Crippen molar-refractivity contribution in [2.75, 3.05) is 12.4 Å². The van der Waals surface area contributed by atoms with E-state index < -0.39 is 12.7 Å². The summed E-state index contributed by atoms with van der Waals surface area (Å²) in [5.74, 6) is 0.848. The van der Waals surface area contributed by atoms with Crippen LogP contribution in [0.15, 0.2) is 12.4 Å². The van der Waals surface area contributed by atoms with Gasteiger partial charge in [0.15, 0.2) is 0 Å². The molecule has 1 unspecified atom stereocenters. The molecule has 0 aliphatic heterocycles. The Hall–Kier alpha value is -0.660. The Morgan fingerprint density at radius 2 is 2.27 bits per heavy atom. The topological polar surface area (TPSA) is 58.3 Å². The molecule has 1 heterocycles. The highest BCUT2D eigenvalue weighted by Crippen LogP contribution is 2.17. The summed E-state index contributed by atoms with van der Waals surface area (Å²) >= 11 is 1.25. The van der Waals surface area contributed by atoms with Crippen molar-refractivity contribution in [3.8, 4) is 0 Å². The summed E-state index contributed by atoms with van der Waals surface area (Å²) in [7, 11) is 0. The largest absolute Gasteiger partial charge is 0.394 e. The average molecular weight is 238 g/mol. The summed E-state index contributed by atoms with van der Waals surface area (Å²) in [6.45, 7) is -2.91. The molecule has 0 saturated heterocycles. The molecule has 2 N–H and O–H groups in total. The summed E-state index contributed by atoms with van der Waals surface area (Å²) in [6, 6.07) is 0. The molecular weight excluding hydrogens is 226 g/mol. The van der Waals surface area contributed by atoms with Crippen LogP contribution in [0, 0.1) is 0 Å². The molecule has 0 aromatic carbocycles. The number of hydrogen-bond donors (Lipinski definition) is 2. The molecule has 0 aliphatic carbocycles. The SMILES string of the molecule is OCC(O)CSCc1nccn1C(F)F. The Bertz CT molecular complexity index is 296. The van der Waals surface area contributed by atoms with E-state index in [1.807, 2.05) is 0 Å². The predicted octanol–water partition coefficient (Wildman–Crippen LogP) is 0.865. The van der Waals surface area contributed by atoms with E-state index in [4.69, 9.17) is 10.2 Å². The van der Waals surface area contributed by atoms with Crippen LogP contribution in [0.5, 0.6) is 0 Å². The molecule has 0 amide bonds. The van der Waals surface area contributed by atoms with Crippen molar-refractivity contribution in [3.05, 3.63) is 18.2 Å². The summed E-state index contributed by atoms with van der Waals surface area (Å²) in [6.07, 6.45) is 1.71. The van der Waals surface area contributed by atoms with Crippen LogP contribution in [0.3, 0.4) is 0 Å². The number of hydrogen-bond acceptors (Lipinski definition) is 4. The van der Waals surface area contributed by atoms with Gasteiger partial charge < -0.3 is 10.2 Å². The third kappa shape index (κ3) is 3.77. The van der Waals surface area contributed by atoms with Crippen LogP contribution in [0.4, 0.5) is 8.78 Å². The van der Waals surface area contributed by atoms with Crippen LogP contribution in [0.25, 0.3) is 0 Å². The molecule has 0 bridgehead atoms. The van der Waals surface area contributed by atoms with Gasteiger partial charge in [0.05, 0.1) is 18.5 Å². The monoisotopic (exact) mass is 238 g/mol. The maximum absolute atomic E-state index is 12.3. The van der Waals surface area contributed by atoms with E-state index in [2.05, 4.69) is 4.98 Å². The summed E-state index contributed by atoms with van der Waals surface area (Å²) in [5, 5.41) is 17.5. The van der Waals surface area contributed by atoms with Crippen molar-refractivity contribution in [3.63, 3.8) is 0 Å². The number of aliphatic hydroxyl groups is 2. The van der Waals surface area contributed by atoms with Crippen LogP contribution < -0.4 is 0 Å². The Labute approximate surface area is 89.9 Å². The summed E-state index contributed by atoms with van der Waals surface area (Å²) in [5.41, 5.74) is 0. The molecule has 0 aliphatic rings. The Morgan fingerprint density at radius 3 is 2.87 bits per heavy atom. The molecule has 1 atom stereocenters. The van der Waals surface area contributed by atoms with Gasteiger partial charge in [0.1, 0.15) is 5.82 Å². The number of halogens is 2. The first-order valence-electron chi connectivity index (χ1n) is 4.31. The second kappa shape index (κ2) is 6.04. The van der Waals surface area contributed by atoms with Gasteiger partial charge in [-0.15, -0.1) is 0 Å². The second-order valence-corrected chi connectivity index (χ2v) is 3.91. The Morgan fingerprint density at radius 1 is 1.53 bits per heavy atom. The lowest BCUT2D eigenvalue weighted by molar-refractivity contribution is 0.0678. The quantitative estimate of drug-likeness (QED) is 0.772. The molecule has 7 heteroatoms. The molecule has 0 fully saturated rings. The first kappa shape index (κ1) is 12.4. The smallest absolute Gasteiger partial charge is 0.319 e. The zero-order valence-corrected chi connectivity index (χ0v) is 8.70. The van der Waals surface area contributed by atoms with E-state index in [-0.39, 0.29) is 18.2 Å². The van der Waals surface area contributed by atoms with E-state index in [9.17, 15) is 8.78 Å². The van der Waals surface area contributed by atoms with Crippen LogP contribution in [-0.2, 0) is 5.75 Å². The maximum atomic E-state index is 12.3. The highest BCUT2D eigenvalue weighted by atomic mass is 32.2. The number of alkyl halides is 2. The standard InChI is InChI=1S/C8H12F2N2O2S/c9-8(10)12-2-1-11-7(12)5-15-4-6(14)3-13/h1-2,6,8,13-14H,3-5H2. The molecule has 15 heavy (non-hydrogen) atoms. The first-order chi connectivity index (χ1) is 7.15. The van der Waals surface area contributed by atoms with Gasteiger partial charge in [-0.1, -0.05) is 0 Å². The maximum Gasteiger partial charge on any atom is 0.319 e. The van der Waals surface area contributed by atoms with E-state index >= 15 is 0 Å². The minimum Gasteiger partial charge on any atom is -0.394 e. The van der Waals surface area contributed by atoms with Gasteiger partial charge in [-0.05, 0) is 0 Å². The van der Waals surface area contributed by atoms with Gasteiger partial charge >= 0.3 is 6.55 Å². The van der Waals surface area contributed by atoms with Crippen molar-refractivity contribution in [1.29, 1.82) is 0 Å². The summed E-state index contributed by atoms with van der Waals surface area (Å²) < 4.78 is 25.5. The van der Waals surface area contributed by atoms with Gasteiger partial charge in [0.25, 0.3) is 0 Å². The van der Waals surface area contributed by atoms with Gasteiger partial charge in [-0.2, -0.15) is 20.5 Å². The fraction of sp³-hybridized carbons (Fsp3) is 0.625. The van der Waals surface area contributed by atoms with Crippen molar-refractivity contribution in [2.24, 2.45) is 0 Å². The molecule has 0 spiro atoms. The first-order valence-corrected chi connectivity index (χ1v) is 5.47. The Kier molecular flexibility index (Phi) is 5.00. The molecule has 0 radical (unpaired) electrons. The highest BCUT2D eigenvalue weighted by molar-refractivity contribution is 7.98. The number of thioether (sulfide) groups is 1. The molecule has 0 saturated carbocycles. The number of rotatable bonds is 6. The van der Waals surface area contributed by atoms with Gasteiger partial charge in [0.2, 0.25) is 0 Å². The number of nitrogens with zero attached hydrogens (tertiary/aromatic N) is 2. The second-order valence-electron chi connectivity index (χ2n) is 2.88. The minimum atomic E-state index is -2.59. The summed E-state index contributed by atoms with van der Waals surface area (Å²) in [4.78, 5) is 3.78. The molecule has 1 aromatic heterocycles. The molecule has 4 nitrogen and oxygen atoms in total. The average Bonchev–Trinajstić information content (AvgIpc) is 2.65. The predicted molar refractivity (Wildman–Crippen MR) is 52.7 cm³/mol. The lowest BCUT2D eigenvalue weighted by atomic mass is 10.4. The molecule has 86 valence electrons. The van der Waals surface area contributed by atoms with Crippen molar-refractivity contribution < 1.29 is 19.0 Å². The van der Waals surface area contributed by atoms with Crippen LogP contribution in [-0.4, -0.2) is 38.2 Å². The van der Waals surface area contributed by atoms with Crippen LogP contribution in [0.1, 0.15) is 12.4 Å². The van der Waals surface area contributed by atoms with Crippen molar-refractivity contribution in [2.45, 2.75) is 18.4 Å². The minimum absolute atomic E-state index is 0.264. The van der Waals surface area contributed by atoms with E-state index in [0.717, 1.165) is 4.57 Å². The van der Waals surface area contributed by atoms with Crippen LogP contribution >= 0.6 is 11.8 Å². The van der Waals surface area contributed by atoms with E-state index in [1.165, 1.54) is 24.2 Å². The molecule has 1 rings (SSSR count). The molecule has 1 aromatic rings. The van der Waals surface area contributed by atoms with Crippen molar-refractivity contribution in [1.82, 2.24) is 9.55 Å². The van der Waals surface area contributed by atoms with E-state index in [1.54, 1.807) is 0 Å². The number of aliphatic hydroxyl groups excluding tert-OH is 2. The zero-order valence-electron chi connectivity index (χ0n) is 7.88. The third-order valence-corrected chi connectivity index (χ3v) is 2.79. The fourth-order valence-corrected chi connectivity index (χ4v) is 1.87. The number of aromatic nitrogens is 2. The Balaban J connectivity index is 2.40. The van der Waals surface area contributed by atoms with Crippen LogP contribution in [0.2, 0.25) is 0 Å². The van der Waals surface area contributed by atoms with E-state index in [0.29, 0.717) is 5.75 Å².